The van der Waals surface area contributed by atoms with E-state index in [-0.39, 0.29) is 19.0 Å². The molecule has 0 aromatic carbocycles. The molecule has 2 saturated heterocycles. The normalized spacial score (nSPS) is 34.9. The third kappa shape index (κ3) is 3.65. The molecule has 0 bridgehead atoms. The van der Waals surface area contributed by atoms with Gasteiger partial charge in [0.2, 0.25) is 0 Å². The molecular formula is C13H25NO3. The summed E-state index contributed by atoms with van der Waals surface area (Å²) < 4.78 is 11.4. The van der Waals surface area contributed by atoms with Gasteiger partial charge in [0.15, 0.2) is 6.29 Å². The lowest BCUT2D eigenvalue weighted by molar-refractivity contribution is -0.0729. The number of hydrogen-bond acceptors (Lipinski definition) is 4. The molecule has 2 aliphatic rings. The van der Waals surface area contributed by atoms with Gasteiger partial charge in [-0.2, -0.15) is 0 Å². The lowest BCUT2D eigenvalue weighted by Crippen LogP contribution is -2.28. The Kier molecular flexibility index (Phi) is 4.79. The van der Waals surface area contributed by atoms with Gasteiger partial charge in [-0.15, -0.1) is 0 Å². The second kappa shape index (κ2) is 6.14. The Morgan fingerprint density at radius 1 is 1.41 bits per heavy atom. The molecule has 2 heterocycles. The molecular weight excluding hydrogens is 218 g/mol. The summed E-state index contributed by atoms with van der Waals surface area (Å²) in [7, 11) is 0. The monoisotopic (exact) mass is 243 g/mol. The van der Waals surface area contributed by atoms with Crippen LogP contribution in [0.2, 0.25) is 0 Å². The fraction of sp³-hybridized carbons (Fsp3) is 1.00. The van der Waals surface area contributed by atoms with Crippen LogP contribution in [0.25, 0.3) is 0 Å². The molecule has 4 nitrogen and oxygen atoms in total. The zero-order valence-electron chi connectivity index (χ0n) is 11.0. The number of aliphatic hydroxyl groups is 1. The predicted molar refractivity (Wildman–Crippen MR) is 65.7 cm³/mol. The van der Waals surface area contributed by atoms with Gasteiger partial charge in [-0.05, 0) is 39.2 Å². The van der Waals surface area contributed by atoms with Crippen molar-refractivity contribution in [2.75, 3.05) is 26.3 Å². The van der Waals surface area contributed by atoms with E-state index in [1.165, 1.54) is 19.5 Å². The maximum Gasteiger partial charge on any atom is 0.158 e. The number of ether oxygens (including phenoxy) is 2. The molecule has 100 valence electrons. The van der Waals surface area contributed by atoms with Crippen LogP contribution in [0.1, 0.15) is 33.1 Å². The van der Waals surface area contributed by atoms with E-state index in [9.17, 15) is 0 Å². The molecule has 0 aromatic heterocycles. The molecule has 0 amide bonds. The van der Waals surface area contributed by atoms with E-state index < -0.39 is 0 Å². The minimum Gasteiger partial charge on any atom is -0.396 e. The maximum atomic E-state index is 8.85. The van der Waals surface area contributed by atoms with Crippen molar-refractivity contribution in [3.05, 3.63) is 0 Å². The molecule has 17 heavy (non-hydrogen) atoms. The van der Waals surface area contributed by atoms with Gasteiger partial charge in [-0.25, -0.2) is 0 Å². The SMILES string of the molecule is CC(C)N1CCC(CC2OCC(CCO)O2)C1. The zero-order valence-corrected chi connectivity index (χ0v) is 11.0. The van der Waals surface area contributed by atoms with Gasteiger partial charge in [0.25, 0.3) is 0 Å². The summed E-state index contributed by atoms with van der Waals surface area (Å²) >= 11 is 0. The molecule has 3 atom stereocenters. The van der Waals surface area contributed by atoms with E-state index in [4.69, 9.17) is 14.6 Å². The fourth-order valence-electron chi connectivity index (χ4n) is 2.72. The van der Waals surface area contributed by atoms with Crippen molar-refractivity contribution < 1.29 is 14.6 Å². The van der Waals surface area contributed by atoms with Crippen molar-refractivity contribution in [1.29, 1.82) is 0 Å². The molecule has 2 fully saturated rings. The molecule has 0 aliphatic carbocycles. The standard InChI is InChI=1S/C13H25NO3/c1-10(2)14-5-3-11(8-14)7-13-16-9-12(17-13)4-6-15/h10-13,15H,3-9H2,1-2H3. The van der Waals surface area contributed by atoms with E-state index in [0.717, 1.165) is 6.42 Å². The Labute approximate surface area is 104 Å². The number of hydrogen-bond donors (Lipinski definition) is 1. The highest BCUT2D eigenvalue weighted by Crippen LogP contribution is 2.27. The molecule has 3 unspecified atom stereocenters. The number of rotatable bonds is 5. The summed E-state index contributed by atoms with van der Waals surface area (Å²) in [4.78, 5) is 2.52. The van der Waals surface area contributed by atoms with Gasteiger partial charge in [-0.1, -0.05) is 0 Å². The highest BCUT2D eigenvalue weighted by atomic mass is 16.7. The Morgan fingerprint density at radius 3 is 2.88 bits per heavy atom. The third-order valence-electron chi connectivity index (χ3n) is 3.84. The maximum absolute atomic E-state index is 8.85. The second-order valence-electron chi connectivity index (χ2n) is 5.51. The van der Waals surface area contributed by atoms with Crippen LogP contribution in [-0.2, 0) is 9.47 Å². The molecule has 4 heteroatoms. The molecule has 0 saturated carbocycles. The largest absolute Gasteiger partial charge is 0.396 e. The first-order chi connectivity index (χ1) is 8.19. The van der Waals surface area contributed by atoms with Gasteiger partial charge in [0.1, 0.15) is 0 Å². The van der Waals surface area contributed by atoms with Gasteiger partial charge < -0.3 is 19.5 Å². The number of aliphatic hydroxyl groups excluding tert-OH is 1. The van der Waals surface area contributed by atoms with Crippen molar-refractivity contribution in [3.63, 3.8) is 0 Å². The van der Waals surface area contributed by atoms with Crippen molar-refractivity contribution in [2.45, 2.75) is 51.5 Å². The summed E-state index contributed by atoms with van der Waals surface area (Å²) in [5.74, 6) is 0.704. The Hall–Kier alpha value is -0.160. The number of nitrogens with zero attached hydrogens (tertiary/aromatic N) is 1. The first kappa shape index (κ1) is 13.3. The van der Waals surface area contributed by atoms with Gasteiger partial charge in [0, 0.05) is 25.6 Å². The van der Waals surface area contributed by atoms with Crippen LogP contribution in [0.15, 0.2) is 0 Å². The molecule has 2 aliphatic heterocycles. The average molecular weight is 243 g/mol. The highest BCUT2D eigenvalue weighted by molar-refractivity contribution is 4.79. The van der Waals surface area contributed by atoms with E-state index in [1.807, 2.05) is 0 Å². The lowest BCUT2D eigenvalue weighted by Gasteiger charge is -2.21. The molecule has 2 rings (SSSR count). The van der Waals surface area contributed by atoms with Crippen LogP contribution < -0.4 is 0 Å². The highest BCUT2D eigenvalue weighted by Gasteiger charge is 2.31. The van der Waals surface area contributed by atoms with E-state index in [0.29, 0.717) is 25.0 Å². The van der Waals surface area contributed by atoms with Crippen LogP contribution in [0.3, 0.4) is 0 Å². The Morgan fingerprint density at radius 2 is 2.24 bits per heavy atom. The van der Waals surface area contributed by atoms with Crippen LogP contribution >= 0.6 is 0 Å². The summed E-state index contributed by atoms with van der Waals surface area (Å²) in [5.41, 5.74) is 0. The van der Waals surface area contributed by atoms with E-state index >= 15 is 0 Å². The van der Waals surface area contributed by atoms with Crippen molar-refractivity contribution in [1.82, 2.24) is 4.90 Å². The lowest BCUT2D eigenvalue weighted by atomic mass is 10.1. The van der Waals surface area contributed by atoms with Crippen molar-refractivity contribution >= 4 is 0 Å². The predicted octanol–water partition coefficient (Wildman–Crippen LogP) is 1.23. The van der Waals surface area contributed by atoms with E-state index in [1.54, 1.807) is 0 Å². The zero-order chi connectivity index (χ0) is 12.3. The first-order valence-electron chi connectivity index (χ1n) is 6.81. The first-order valence-corrected chi connectivity index (χ1v) is 6.81. The minimum absolute atomic E-state index is 0.0383. The molecule has 0 spiro atoms. The average Bonchev–Trinajstić information content (AvgIpc) is 2.89. The van der Waals surface area contributed by atoms with Crippen LogP contribution in [0.5, 0.6) is 0 Å². The smallest absolute Gasteiger partial charge is 0.158 e. The van der Waals surface area contributed by atoms with Crippen LogP contribution in [-0.4, -0.2) is 54.7 Å². The number of likely N-dealkylation sites (tertiary alicyclic amines) is 1. The van der Waals surface area contributed by atoms with Crippen LogP contribution in [0.4, 0.5) is 0 Å². The van der Waals surface area contributed by atoms with Crippen molar-refractivity contribution in [2.24, 2.45) is 5.92 Å². The molecule has 0 radical (unpaired) electrons. The minimum atomic E-state index is -0.0383. The molecule has 1 N–H and O–H groups in total. The fourth-order valence-corrected chi connectivity index (χ4v) is 2.72. The second-order valence-corrected chi connectivity index (χ2v) is 5.51. The van der Waals surface area contributed by atoms with Gasteiger partial charge in [0.05, 0.1) is 12.7 Å². The Bertz CT molecular complexity index is 235. The quantitative estimate of drug-likeness (QED) is 0.788. The van der Waals surface area contributed by atoms with Gasteiger partial charge in [-0.3, -0.25) is 0 Å². The molecule has 0 aromatic rings. The van der Waals surface area contributed by atoms with Gasteiger partial charge >= 0.3 is 0 Å². The van der Waals surface area contributed by atoms with E-state index in [2.05, 4.69) is 18.7 Å². The summed E-state index contributed by atoms with van der Waals surface area (Å²) in [6, 6.07) is 0.646. The summed E-state index contributed by atoms with van der Waals surface area (Å²) in [6.07, 6.45) is 3.02. The summed E-state index contributed by atoms with van der Waals surface area (Å²) in [5, 5.41) is 8.85. The Balaban J connectivity index is 1.69. The summed E-state index contributed by atoms with van der Waals surface area (Å²) in [6.45, 7) is 7.71. The third-order valence-corrected chi connectivity index (χ3v) is 3.84. The van der Waals surface area contributed by atoms with Crippen molar-refractivity contribution in [3.8, 4) is 0 Å². The van der Waals surface area contributed by atoms with Crippen LogP contribution in [0, 0.1) is 5.92 Å². The topological polar surface area (TPSA) is 41.9 Å².